The molecule has 0 heterocycles. The van der Waals surface area contributed by atoms with Gasteiger partial charge in [0.15, 0.2) is 0 Å². The van der Waals surface area contributed by atoms with Crippen LogP contribution in [0.4, 0.5) is 5.69 Å². The van der Waals surface area contributed by atoms with Crippen LogP contribution in [0.1, 0.15) is 16.7 Å². The molecule has 0 spiro atoms. The van der Waals surface area contributed by atoms with Gasteiger partial charge in [-0.2, -0.15) is 5.26 Å². The number of aryl methyl sites for hydroxylation is 2. The highest BCUT2D eigenvalue weighted by atomic mass is 32.2. The Morgan fingerprint density at radius 2 is 1.80 bits per heavy atom. The van der Waals surface area contributed by atoms with Crippen LogP contribution in [0.3, 0.4) is 0 Å². The molecule has 0 aliphatic rings. The summed E-state index contributed by atoms with van der Waals surface area (Å²) in [6, 6.07) is 13.0. The van der Waals surface area contributed by atoms with Crippen LogP contribution < -0.4 is 10.5 Å². The van der Waals surface area contributed by atoms with Crippen molar-refractivity contribution in [3.63, 3.8) is 0 Å². The molecule has 128 valence electrons. The van der Waals surface area contributed by atoms with Gasteiger partial charge in [-0.25, -0.2) is 13.6 Å². The van der Waals surface area contributed by atoms with E-state index in [1.165, 1.54) is 30.3 Å². The lowest BCUT2D eigenvalue weighted by molar-refractivity contribution is -0.112. The van der Waals surface area contributed by atoms with Crippen LogP contribution in [0.25, 0.3) is 6.08 Å². The Bertz CT molecular complexity index is 985. The smallest absolute Gasteiger partial charge is 0.266 e. The second kappa shape index (κ2) is 7.30. The number of primary sulfonamides is 1. The lowest BCUT2D eigenvalue weighted by atomic mass is 10.0. The van der Waals surface area contributed by atoms with E-state index < -0.39 is 15.9 Å². The number of hydrogen-bond donors (Lipinski definition) is 2. The maximum atomic E-state index is 12.3. The molecule has 0 aliphatic carbocycles. The fourth-order valence-corrected chi connectivity index (χ4v) is 2.73. The fraction of sp³-hybridized carbons (Fsp3) is 0.111. The van der Waals surface area contributed by atoms with Gasteiger partial charge in [-0.1, -0.05) is 23.8 Å². The molecule has 1 amide bonds. The zero-order valence-corrected chi connectivity index (χ0v) is 14.6. The van der Waals surface area contributed by atoms with Gasteiger partial charge in [-0.15, -0.1) is 0 Å². The fourth-order valence-electron chi connectivity index (χ4n) is 2.22. The number of sulfonamides is 1. The van der Waals surface area contributed by atoms with E-state index in [-0.39, 0.29) is 10.5 Å². The van der Waals surface area contributed by atoms with Gasteiger partial charge >= 0.3 is 0 Å². The third-order valence-electron chi connectivity index (χ3n) is 3.53. The molecule has 0 saturated heterocycles. The van der Waals surface area contributed by atoms with Crippen molar-refractivity contribution in [2.45, 2.75) is 18.7 Å². The van der Waals surface area contributed by atoms with Crippen molar-refractivity contribution in [3.05, 3.63) is 64.7 Å². The van der Waals surface area contributed by atoms with Gasteiger partial charge in [-0.05, 0) is 55.3 Å². The molecule has 0 fully saturated rings. The molecule has 0 saturated carbocycles. The zero-order chi connectivity index (χ0) is 18.6. The van der Waals surface area contributed by atoms with Crippen LogP contribution in [0.2, 0.25) is 0 Å². The van der Waals surface area contributed by atoms with Crippen molar-refractivity contribution in [1.82, 2.24) is 0 Å². The van der Waals surface area contributed by atoms with Crippen molar-refractivity contribution in [1.29, 1.82) is 5.26 Å². The van der Waals surface area contributed by atoms with Crippen molar-refractivity contribution in [2.24, 2.45) is 5.14 Å². The first-order chi connectivity index (χ1) is 11.7. The molecule has 2 rings (SSSR count). The van der Waals surface area contributed by atoms with Gasteiger partial charge in [0.1, 0.15) is 11.6 Å². The number of carbonyl (C=O) groups is 1. The van der Waals surface area contributed by atoms with Crippen molar-refractivity contribution < 1.29 is 13.2 Å². The molecule has 0 aromatic heterocycles. The minimum atomic E-state index is -3.79. The minimum absolute atomic E-state index is 0.0533. The summed E-state index contributed by atoms with van der Waals surface area (Å²) >= 11 is 0. The number of carbonyl (C=O) groups excluding carboxylic acids is 1. The van der Waals surface area contributed by atoms with Crippen molar-refractivity contribution in [3.8, 4) is 6.07 Å². The second-order valence-corrected chi connectivity index (χ2v) is 7.11. The van der Waals surface area contributed by atoms with E-state index in [0.29, 0.717) is 5.69 Å². The summed E-state index contributed by atoms with van der Waals surface area (Å²) in [5.41, 5.74) is 3.13. The second-order valence-electron chi connectivity index (χ2n) is 5.55. The number of amides is 1. The van der Waals surface area contributed by atoms with Crippen LogP contribution in [0.5, 0.6) is 0 Å². The first-order valence-corrected chi connectivity index (χ1v) is 8.88. The van der Waals surface area contributed by atoms with Crippen LogP contribution in [0, 0.1) is 25.2 Å². The molecule has 0 unspecified atom stereocenters. The Morgan fingerprint density at radius 3 is 2.32 bits per heavy atom. The van der Waals surface area contributed by atoms with E-state index in [9.17, 15) is 18.5 Å². The maximum absolute atomic E-state index is 12.3. The number of rotatable bonds is 4. The molecule has 6 nitrogen and oxygen atoms in total. The highest BCUT2D eigenvalue weighted by Gasteiger charge is 2.12. The highest BCUT2D eigenvalue weighted by Crippen LogP contribution is 2.17. The van der Waals surface area contributed by atoms with Crippen molar-refractivity contribution in [2.75, 3.05) is 5.32 Å². The third-order valence-corrected chi connectivity index (χ3v) is 4.46. The molecular formula is C18H17N3O3S. The first kappa shape index (κ1) is 18.4. The number of anilines is 1. The predicted molar refractivity (Wildman–Crippen MR) is 96.0 cm³/mol. The summed E-state index contributed by atoms with van der Waals surface area (Å²) in [6.07, 6.45) is 1.52. The molecule has 0 bridgehead atoms. The molecule has 3 N–H and O–H groups in total. The molecule has 0 atom stereocenters. The van der Waals surface area contributed by atoms with E-state index in [1.54, 1.807) is 0 Å². The summed E-state index contributed by atoms with van der Waals surface area (Å²) in [6.45, 7) is 3.86. The predicted octanol–water partition coefficient (Wildman–Crippen LogP) is 2.50. The van der Waals surface area contributed by atoms with E-state index >= 15 is 0 Å². The molecule has 2 aromatic rings. The Balaban J connectivity index is 2.23. The Kier molecular flexibility index (Phi) is 5.37. The Hall–Kier alpha value is -2.95. The lowest BCUT2D eigenvalue weighted by Gasteiger charge is -2.06. The quantitative estimate of drug-likeness (QED) is 0.648. The molecular weight excluding hydrogens is 338 g/mol. The molecule has 0 aliphatic heterocycles. The summed E-state index contributed by atoms with van der Waals surface area (Å²) in [4.78, 5) is 12.2. The van der Waals surface area contributed by atoms with Crippen LogP contribution in [-0.2, 0) is 14.8 Å². The average Bonchev–Trinajstić information content (AvgIpc) is 2.53. The summed E-state index contributed by atoms with van der Waals surface area (Å²) < 4.78 is 22.4. The molecule has 7 heteroatoms. The largest absolute Gasteiger partial charge is 0.321 e. The van der Waals surface area contributed by atoms with E-state index in [1.807, 2.05) is 38.1 Å². The van der Waals surface area contributed by atoms with Crippen LogP contribution >= 0.6 is 0 Å². The van der Waals surface area contributed by atoms with Gasteiger partial charge in [0.2, 0.25) is 10.0 Å². The molecule has 2 aromatic carbocycles. The summed E-state index contributed by atoms with van der Waals surface area (Å²) in [5, 5.41) is 16.8. The van der Waals surface area contributed by atoms with E-state index in [2.05, 4.69) is 5.32 Å². The highest BCUT2D eigenvalue weighted by molar-refractivity contribution is 7.89. The lowest BCUT2D eigenvalue weighted by Crippen LogP contribution is -2.14. The Labute approximate surface area is 146 Å². The van der Waals surface area contributed by atoms with Gasteiger partial charge < -0.3 is 5.32 Å². The number of nitriles is 1. The van der Waals surface area contributed by atoms with Gasteiger partial charge in [0, 0.05) is 5.69 Å². The van der Waals surface area contributed by atoms with Crippen LogP contribution in [0.15, 0.2) is 52.9 Å². The minimum Gasteiger partial charge on any atom is -0.321 e. The van der Waals surface area contributed by atoms with Crippen LogP contribution in [-0.4, -0.2) is 14.3 Å². The van der Waals surface area contributed by atoms with E-state index in [0.717, 1.165) is 16.7 Å². The topological polar surface area (TPSA) is 113 Å². The number of nitrogens with one attached hydrogen (secondary N) is 1. The Morgan fingerprint density at radius 1 is 1.16 bits per heavy atom. The number of nitrogens with zero attached hydrogens (tertiary/aromatic N) is 1. The van der Waals surface area contributed by atoms with Crippen molar-refractivity contribution >= 4 is 27.7 Å². The zero-order valence-electron chi connectivity index (χ0n) is 13.8. The third kappa shape index (κ3) is 4.76. The summed E-state index contributed by atoms with van der Waals surface area (Å²) in [7, 11) is -3.79. The number of hydrogen-bond acceptors (Lipinski definition) is 4. The van der Waals surface area contributed by atoms with Gasteiger partial charge in [0.05, 0.1) is 4.90 Å². The summed E-state index contributed by atoms with van der Waals surface area (Å²) in [5.74, 6) is -0.578. The van der Waals surface area contributed by atoms with E-state index in [4.69, 9.17) is 5.14 Å². The SMILES string of the molecule is Cc1ccc(/C=C(\C#N)C(=O)Nc2ccc(S(N)(=O)=O)cc2)c(C)c1. The average molecular weight is 355 g/mol. The molecule has 25 heavy (non-hydrogen) atoms. The number of benzene rings is 2. The number of nitrogens with two attached hydrogens (primary N) is 1. The van der Waals surface area contributed by atoms with Gasteiger partial charge in [0.25, 0.3) is 5.91 Å². The maximum Gasteiger partial charge on any atom is 0.266 e. The monoisotopic (exact) mass is 355 g/mol. The molecule has 0 radical (unpaired) electrons. The van der Waals surface area contributed by atoms with Gasteiger partial charge in [-0.3, -0.25) is 4.79 Å². The first-order valence-electron chi connectivity index (χ1n) is 7.34. The standard InChI is InChI=1S/C18H17N3O3S/c1-12-3-4-14(13(2)9-12)10-15(11-19)18(22)21-16-5-7-17(8-6-16)25(20,23)24/h3-10H,1-2H3,(H,21,22)(H2,20,23,24)/b15-10+. The normalized spacial score (nSPS) is 11.7.